The van der Waals surface area contributed by atoms with Crippen molar-refractivity contribution >= 4 is 33.9 Å². The van der Waals surface area contributed by atoms with Crippen molar-refractivity contribution in [3.05, 3.63) is 72.0 Å². The quantitative estimate of drug-likeness (QED) is 0.424. The number of fused-ring (bicyclic) bond motifs is 3. The van der Waals surface area contributed by atoms with Crippen LogP contribution < -0.4 is 10.2 Å². The number of hydrogen-bond donors (Lipinski definition) is 2. The summed E-state index contributed by atoms with van der Waals surface area (Å²) in [6.07, 6.45) is 1.43. The van der Waals surface area contributed by atoms with Gasteiger partial charge in [0.1, 0.15) is 5.58 Å². The number of ether oxygens (including phenoxy) is 1. The summed E-state index contributed by atoms with van der Waals surface area (Å²) in [7, 11) is 1.47. The van der Waals surface area contributed by atoms with E-state index in [0.29, 0.717) is 16.9 Å². The average molecular weight is 360 g/mol. The molecule has 1 heterocycles. The Balaban J connectivity index is 1.54. The van der Waals surface area contributed by atoms with Gasteiger partial charge in [0.25, 0.3) is 0 Å². The third kappa shape index (κ3) is 3.20. The van der Waals surface area contributed by atoms with E-state index in [1.165, 1.54) is 19.4 Å². The number of hydrogen-bond acceptors (Lipinski definition) is 5. The largest absolute Gasteiger partial charge is 0.504 e. The van der Waals surface area contributed by atoms with Gasteiger partial charge in [-0.25, -0.2) is 5.43 Å². The van der Waals surface area contributed by atoms with Crippen LogP contribution in [0.2, 0.25) is 0 Å². The van der Waals surface area contributed by atoms with Crippen LogP contribution in [0, 0.1) is 0 Å². The molecular formula is C21H16N2O4. The first-order valence-corrected chi connectivity index (χ1v) is 8.27. The summed E-state index contributed by atoms with van der Waals surface area (Å²) >= 11 is 0. The van der Waals surface area contributed by atoms with Gasteiger partial charge in [0.2, 0.25) is 0 Å². The summed E-state index contributed by atoms with van der Waals surface area (Å²) in [4.78, 5) is 12.3. The summed E-state index contributed by atoms with van der Waals surface area (Å²) in [6, 6.07) is 18.2. The highest BCUT2D eigenvalue weighted by Gasteiger charge is 2.13. The minimum absolute atomic E-state index is 0.00283. The maximum atomic E-state index is 12.3. The maximum absolute atomic E-state index is 12.3. The zero-order chi connectivity index (χ0) is 18.8. The Kier molecular flexibility index (Phi) is 4.22. The lowest BCUT2D eigenvalue weighted by atomic mass is 10.1. The van der Waals surface area contributed by atoms with Crippen LogP contribution in [-0.4, -0.2) is 24.3 Å². The Morgan fingerprint density at radius 3 is 2.78 bits per heavy atom. The van der Waals surface area contributed by atoms with Crippen molar-refractivity contribution in [2.45, 2.75) is 0 Å². The molecule has 0 unspecified atom stereocenters. The van der Waals surface area contributed by atoms with Crippen molar-refractivity contribution in [3.8, 4) is 11.5 Å². The number of phenolic OH excluding ortho intramolecular Hbond substituents is 1. The summed E-state index contributed by atoms with van der Waals surface area (Å²) in [6.45, 7) is 0. The fourth-order valence-corrected chi connectivity index (χ4v) is 2.91. The lowest BCUT2D eigenvalue weighted by molar-refractivity contribution is 0.0929. The molecule has 0 spiro atoms. The molecule has 0 saturated heterocycles. The Bertz CT molecular complexity index is 1180. The summed E-state index contributed by atoms with van der Waals surface area (Å²) < 4.78 is 10.6. The molecule has 0 saturated carbocycles. The van der Waals surface area contributed by atoms with E-state index in [2.05, 4.69) is 10.5 Å². The minimum Gasteiger partial charge on any atom is -0.504 e. The van der Waals surface area contributed by atoms with Gasteiger partial charge in [-0.3, -0.25) is 4.79 Å². The third-order valence-corrected chi connectivity index (χ3v) is 4.23. The van der Waals surface area contributed by atoms with Crippen LogP contribution in [0.25, 0.3) is 21.7 Å². The molecule has 0 aliphatic heterocycles. The number of phenols is 1. The van der Waals surface area contributed by atoms with E-state index in [9.17, 15) is 9.90 Å². The van der Waals surface area contributed by atoms with Gasteiger partial charge >= 0.3 is 5.91 Å². The lowest BCUT2D eigenvalue weighted by Gasteiger charge is -2.03. The van der Waals surface area contributed by atoms with Crippen molar-refractivity contribution in [1.29, 1.82) is 0 Å². The van der Waals surface area contributed by atoms with Gasteiger partial charge in [-0.1, -0.05) is 30.3 Å². The van der Waals surface area contributed by atoms with E-state index in [-0.39, 0.29) is 11.5 Å². The summed E-state index contributed by atoms with van der Waals surface area (Å²) in [5, 5.41) is 16.6. The number of benzene rings is 3. The molecule has 1 amide bonds. The Labute approximate surface area is 154 Å². The molecule has 4 aromatic rings. The summed E-state index contributed by atoms with van der Waals surface area (Å²) in [5.74, 6) is 0.0861. The van der Waals surface area contributed by atoms with E-state index in [1.807, 2.05) is 36.4 Å². The number of hydrazone groups is 1. The maximum Gasteiger partial charge on any atom is 0.307 e. The van der Waals surface area contributed by atoms with Crippen LogP contribution >= 0.6 is 0 Å². The predicted molar refractivity (Wildman–Crippen MR) is 103 cm³/mol. The fraction of sp³-hybridized carbons (Fsp3) is 0.0476. The summed E-state index contributed by atoms with van der Waals surface area (Å²) in [5.41, 5.74) is 3.68. The number of carbonyl (C=O) groups excluding carboxylic acids is 1. The highest BCUT2D eigenvalue weighted by Crippen LogP contribution is 2.28. The van der Waals surface area contributed by atoms with Crippen LogP contribution in [0.15, 0.2) is 70.2 Å². The number of aromatic hydroxyl groups is 1. The zero-order valence-corrected chi connectivity index (χ0v) is 14.5. The smallest absolute Gasteiger partial charge is 0.307 e. The second kappa shape index (κ2) is 6.84. The Morgan fingerprint density at radius 1 is 1.11 bits per heavy atom. The van der Waals surface area contributed by atoms with Gasteiger partial charge in [0.15, 0.2) is 17.3 Å². The molecule has 0 aliphatic carbocycles. The van der Waals surface area contributed by atoms with Gasteiger partial charge in [0.05, 0.1) is 13.3 Å². The second-order valence-electron chi connectivity index (χ2n) is 5.94. The molecule has 1 aromatic heterocycles. The first-order valence-electron chi connectivity index (χ1n) is 8.27. The number of rotatable bonds is 4. The molecule has 6 heteroatoms. The van der Waals surface area contributed by atoms with Gasteiger partial charge in [-0.2, -0.15) is 5.10 Å². The second-order valence-corrected chi connectivity index (χ2v) is 5.94. The van der Waals surface area contributed by atoms with E-state index >= 15 is 0 Å². The molecule has 0 atom stereocenters. The van der Waals surface area contributed by atoms with Crippen LogP contribution in [-0.2, 0) is 0 Å². The van der Waals surface area contributed by atoms with E-state index in [0.717, 1.165) is 16.2 Å². The van der Waals surface area contributed by atoms with Gasteiger partial charge < -0.3 is 14.3 Å². The topological polar surface area (TPSA) is 84.1 Å². The molecule has 4 rings (SSSR count). The van der Waals surface area contributed by atoms with Crippen molar-refractivity contribution in [2.24, 2.45) is 5.10 Å². The molecule has 0 aliphatic rings. The number of furan rings is 1. The monoisotopic (exact) mass is 360 g/mol. The highest BCUT2D eigenvalue weighted by molar-refractivity contribution is 6.08. The SMILES string of the molecule is COc1ccc(/C=N\NC(=O)c2cc3c(ccc4ccccc43)o2)cc1O. The number of methoxy groups -OCH3 is 1. The number of nitrogens with one attached hydrogen (secondary N) is 1. The number of nitrogens with zero attached hydrogens (tertiary/aromatic N) is 1. The van der Waals surface area contributed by atoms with Gasteiger partial charge in [0, 0.05) is 5.39 Å². The van der Waals surface area contributed by atoms with E-state index in [4.69, 9.17) is 9.15 Å². The highest BCUT2D eigenvalue weighted by atomic mass is 16.5. The van der Waals surface area contributed by atoms with E-state index < -0.39 is 5.91 Å². The standard InChI is InChI=1S/C21H16N2O4/c1-26-19-8-6-13(10-17(19)24)12-22-23-21(25)20-11-16-15-5-3-2-4-14(15)7-9-18(16)27-20/h2-12,24H,1H3,(H,23,25)/b22-12-. The average Bonchev–Trinajstić information content (AvgIpc) is 3.13. The molecule has 2 N–H and O–H groups in total. The van der Waals surface area contributed by atoms with E-state index in [1.54, 1.807) is 18.2 Å². The first-order chi connectivity index (χ1) is 13.2. The normalized spacial score (nSPS) is 11.3. The minimum atomic E-state index is -0.454. The van der Waals surface area contributed by atoms with Crippen LogP contribution in [0.3, 0.4) is 0 Å². The van der Waals surface area contributed by atoms with Gasteiger partial charge in [-0.15, -0.1) is 0 Å². The van der Waals surface area contributed by atoms with Gasteiger partial charge in [-0.05, 0) is 46.7 Å². The van der Waals surface area contributed by atoms with Crippen molar-refractivity contribution < 1.29 is 19.1 Å². The lowest BCUT2D eigenvalue weighted by Crippen LogP contribution is -2.16. The number of carbonyl (C=O) groups is 1. The van der Waals surface area contributed by atoms with Crippen molar-refractivity contribution in [2.75, 3.05) is 7.11 Å². The molecular weight excluding hydrogens is 344 g/mol. The molecule has 27 heavy (non-hydrogen) atoms. The molecule has 6 nitrogen and oxygen atoms in total. The number of amides is 1. The predicted octanol–water partition coefficient (Wildman–Crippen LogP) is 4.06. The molecule has 0 radical (unpaired) electrons. The first kappa shape index (κ1) is 16.7. The van der Waals surface area contributed by atoms with Crippen LogP contribution in [0.5, 0.6) is 11.5 Å². The zero-order valence-electron chi connectivity index (χ0n) is 14.5. The Morgan fingerprint density at radius 2 is 1.96 bits per heavy atom. The van der Waals surface area contributed by atoms with Crippen molar-refractivity contribution in [1.82, 2.24) is 5.43 Å². The molecule has 3 aromatic carbocycles. The van der Waals surface area contributed by atoms with Crippen LogP contribution in [0.4, 0.5) is 0 Å². The van der Waals surface area contributed by atoms with Crippen LogP contribution in [0.1, 0.15) is 16.1 Å². The fourth-order valence-electron chi connectivity index (χ4n) is 2.91. The molecule has 0 bridgehead atoms. The third-order valence-electron chi connectivity index (χ3n) is 4.23. The van der Waals surface area contributed by atoms with Crippen molar-refractivity contribution in [3.63, 3.8) is 0 Å². The molecule has 0 fully saturated rings. The Hall–Kier alpha value is -3.80. The molecule has 134 valence electrons.